The minimum atomic E-state index is -0.932. The predicted octanol–water partition coefficient (Wildman–Crippen LogP) is 2.42. The first-order valence-corrected chi connectivity index (χ1v) is 7.98. The molecule has 1 heterocycles. The van der Waals surface area contributed by atoms with Gasteiger partial charge in [-0.25, -0.2) is 4.79 Å². The summed E-state index contributed by atoms with van der Waals surface area (Å²) in [5, 5.41) is 0. The van der Waals surface area contributed by atoms with Crippen LogP contribution in [0.15, 0.2) is 54.6 Å². The van der Waals surface area contributed by atoms with Gasteiger partial charge in [-0.3, -0.25) is 4.79 Å². The van der Waals surface area contributed by atoms with Crippen LogP contribution < -0.4 is 14.4 Å². The summed E-state index contributed by atoms with van der Waals surface area (Å²) in [6.07, 6.45) is -1.83. The molecule has 0 N–H and O–H groups in total. The van der Waals surface area contributed by atoms with E-state index in [9.17, 15) is 9.59 Å². The van der Waals surface area contributed by atoms with E-state index < -0.39 is 18.2 Å². The third kappa shape index (κ3) is 3.74. The average Bonchev–Trinajstić information content (AvgIpc) is 2.67. The molecule has 6 heteroatoms. The summed E-state index contributed by atoms with van der Waals surface area (Å²) in [5.74, 6) is 0.115. The van der Waals surface area contributed by atoms with Crippen LogP contribution in [0, 0.1) is 0 Å². The number of rotatable bonds is 4. The minimum absolute atomic E-state index is 0.0469. The van der Waals surface area contributed by atoms with Crippen molar-refractivity contribution in [1.82, 2.24) is 0 Å². The lowest BCUT2D eigenvalue weighted by molar-refractivity contribution is -0.162. The van der Waals surface area contributed by atoms with E-state index in [0.29, 0.717) is 11.5 Å². The average molecular weight is 341 g/mol. The van der Waals surface area contributed by atoms with E-state index in [-0.39, 0.29) is 12.5 Å². The second kappa shape index (κ2) is 7.25. The minimum Gasteiger partial charge on any atom is -0.485 e. The van der Waals surface area contributed by atoms with E-state index in [1.165, 1.54) is 11.8 Å². The van der Waals surface area contributed by atoms with Crippen LogP contribution in [0.3, 0.4) is 0 Å². The van der Waals surface area contributed by atoms with E-state index in [1.807, 2.05) is 36.4 Å². The van der Waals surface area contributed by atoms with Crippen molar-refractivity contribution in [1.29, 1.82) is 0 Å². The fraction of sp³-hybridized carbons (Fsp3) is 0.263. The molecule has 0 spiro atoms. The SMILES string of the molecule is C[C@H](OC(=O)[C@H]1COc2ccccc2O1)C(=O)N(C)c1ccccc1. The van der Waals surface area contributed by atoms with Gasteiger partial charge in [0.05, 0.1) is 0 Å². The van der Waals surface area contributed by atoms with Crippen LogP contribution in [0.25, 0.3) is 0 Å². The van der Waals surface area contributed by atoms with Crippen molar-refractivity contribution >= 4 is 17.6 Å². The van der Waals surface area contributed by atoms with E-state index >= 15 is 0 Å². The third-order valence-corrected chi connectivity index (χ3v) is 3.89. The topological polar surface area (TPSA) is 65.1 Å². The van der Waals surface area contributed by atoms with Gasteiger partial charge in [0.2, 0.25) is 6.10 Å². The van der Waals surface area contributed by atoms with E-state index in [4.69, 9.17) is 14.2 Å². The highest BCUT2D eigenvalue weighted by atomic mass is 16.6. The van der Waals surface area contributed by atoms with E-state index in [0.717, 1.165) is 5.69 Å². The van der Waals surface area contributed by atoms with Gasteiger partial charge in [-0.05, 0) is 31.2 Å². The maximum Gasteiger partial charge on any atom is 0.351 e. The summed E-state index contributed by atoms with van der Waals surface area (Å²) in [5.41, 5.74) is 0.724. The molecular formula is C19H19NO5. The Kier molecular flexibility index (Phi) is 4.88. The van der Waals surface area contributed by atoms with Crippen molar-refractivity contribution in [2.45, 2.75) is 19.1 Å². The quantitative estimate of drug-likeness (QED) is 0.799. The second-order valence-electron chi connectivity index (χ2n) is 5.68. The monoisotopic (exact) mass is 341 g/mol. The maximum atomic E-state index is 12.4. The number of carbonyl (C=O) groups is 2. The number of ether oxygens (including phenoxy) is 3. The number of amides is 1. The predicted molar refractivity (Wildman–Crippen MR) is 91.8 cm³/mol. The lowest BCUT2D eigenvalue weighted by atomic mass is 10.2. The maximum absolute atomic E-state index is 12.4. The molecule has 6 nitrogen and oxygen atoms in total. The first-order chi connectivity index (χ1) is 12.1. The van der Waals surface area contributed by atoms with Crippen LogP contribution in [0.2, 0.25) is 0 Å². The number of hydrogen-bond donors (Lipinski definition) is 0. The molecule has 2 atom stereocenters. The smallest absolute Gasteiger partial charge is 0.351 e. The number of hydrogen-bond acceptors (Lipinski definition) is 5. The van der Waals surface area contributed by atoms with Gasteiger partial charge < -0.3 is 19.1 Å². The van der Waals surface area contributed by atoms with E-state index in [2.05, 4.69) is 0 Å². The molecule has 0 aliphatic carbocycles. The lowest BCUT2D eigenvalue weighted by Crippen LogP contribution is -2.43. The van der Waals surface area contributed by atoms with Crippen molar-refractivity contribution in [3.63, 3.8) is 0 Å². The zero-order valence-corrected chi connectivity index (χ0v) is 14.0. The van der Waals surface area contributed by atoms with Crippen molar-refractivity contribution in [3.8, 4) is 11.5 Å². The van der Waals surface area contributed by atoms with Crippen LogP contribution in [0.1, 0.15) is 6.92 Å². The first-order valence-electron chi connectivity index (χ1n) is 7.98. The molecule has 1 aliphatic heterocycles. The standard InChI is InChI=1S/C19H19NO5/c1-13(18(21)20(2)14-8-4-3-5-9-14)24-19(22)17-12-23-15-10-6-7-11-16(15)25-17/h3-11,13,17H,12H2,1-2H3/t13-,17+/m0/s1. The number of para-hydroxylation sites is 3. The molecule has 0 saturated heterocycles. The number of esters is 1. The van der Waals surface area contributed by atoms with Crippen LogP contribution in [0.5, 0.6) is 11.5 Å². The number of carbonyl (C=O) groups excluding carboxylic acids is 2. The number of fused-ring (bicyclic) bond motifs is 1. The molecule has 0 unspecified atom stereocenters. The van der Waals surface area contributed by atoms with Crippen LogP contribution in [-0.4, -0.2) is 37.7 Å². The lowest BCUT2D eigenvalue weighted by Gasteiger charge is -2.27. The highest BCUT2D eigenvalue weighted by Crippen LogP contribution is 2.31. The van der Waals surface area contributed by atoms with Gasteiger partial charge in [-0.15, -0.1) is 0 Å². The Balaban J connectivity index is 1.60. The summed E-state index contributed by atoms with van der Waals surface area (Å²) in [7, 11) is 1.64. The van der Waals surface area contributed by atoms with Gasteiger partial charge in [0.1, 0.15) is 6.61 Å². The van der Waals surface area contributed by atoms with Crippen LogP contribution in [-0.2, 0) is 14.3 Å². The first kappa shape index (κ1) is 16.8. The van der Waals surface area contributed by atoms with Gasteiger partial charge in [-0.2, -0.15) is 0 Å². The molecule has 0 radical (unpaired) electrons. The van der Waals surface area contributed by atoms with Crippen LogP contribution >= 0.6 is 0 Å². The molecule has 2 aromatic carbocycles. The van der Waals surface area contributed by atoms with Gasteiger partial charge in [0.15, 0.2) is 17.6 Å². The Hall–Kier alpha value is -3.02. The van der Waals surface area contributed by atoms with Crippen molar-refractivity contribution in [3.05, 3.63) is 54.6 Å². The van der Waals surface area contributed by atoms with Gasteiger partial charge in [0.25, 0.3) is 5.91 Å². The molecule has 1 aliphatic rings. The third-order valence-electron chi connectivity index (χ3n) is 3.89. The summed E-state index contributed by atoms with van der Waals surface area (Å²) < 4.78 is 16.4. The Bertz CT molecular complexity index is 761. The molecule has 0 aromatic heterocycles. The van der Waals surface area contributed by atoms with Crippen molar-refractivity contribution in [2.24, 2.45) is 0 Å². The van der Waals surface area contributed by atoms with Crippen molar-refractivity contribution < 1.29 is 23.8 Å². The fourth-order valence-electron chi connectivity index (χ4n) is 2.49. The Labute approximate surface area is 145 Å². The highest BCUT2D eigenvalue weighted by molar-refractivity contribution is 5.97. The van der Waals surface area contributed by atoms with Gasteiger partial charge in [-0.1, -0.05) is 30.3 Å². The summed E-state index contributed by atoms with van der Waals surface area (Å²) in [6.45, 7) is 1.59. The van der Waals surface area contributed by atoms with Gasteiger partial charge >= 0.3 is 5.97 Å². The largest absolute Gasteiger partial charge is 0.485 e. The Morgan fingerprint density at radius 3 is 2.44 bits per heavy atom. The summed E-state index contributed by atoms with van der Waals surface area (Å²) >= 11 is 0. The van der Waals surface area contributed by atoms with Crippen LogP contribution in [0.4, 0.5) is 5.69 Å². The molecular weight excluding hydrogens is 322 g/mol. The Morgan fingerprint density at radius 1 is 1.08 bits per heavy atom. The fourth-order valence-corrected chi connectivity index (χ4v) is 2.49. The number of benzene rings is 2. The molecule has 2 aromatic rings. The normalized spacial score (nSPS) is 16.6. The number of anilines is 1. The number of nitrogens with zero attached hydrogens (tertiary/aromatic N) is 1. The Morgan fingerprint density at radius 2 is 1.72 bits per heavy atom. The molecule has 130 valence electrons. The molecule has 0 fully saturated rings. The zero-order chi connectivity index (χ0) is 17.8. The molecule has 25 heavy (non-hydrogen) atoms. The van der Waals surface area contributed by atoms with E-state index in [1.54, 1.807) is 25.2 Å². The number of likely N-dealkylation sites (N-methyl/N-ethyl adjacent to an activating group) is 1. The summed E-state index contributed by atoms with van der Waals surface area (Å²) in [6, 6.07) is 16.2. The molecule has 3 rings (SSSR count). The second-order valence-corrected chi connectivity index (χ2v) is 5.68. The van der Waals surface area contributed by atoms with Gasteiger partial charge in [0, 0.05) is 12.7 Å². The molecule has 0 saturated carbocycles. The highest BCUT2D eigenvalue weighted by Gasteiger charge is 2.32. The molecule has 1 amide bonds. The zero-order valence-electron chi connectivity index (χ0n) is 14.0. The summed E-state index contributed by atoms with van der Waals surface area (Å²) in [4.78, 5) is 26.2. The van der Waals surface area contributed by atoms with Crippen molar-refractivity contribution in [2.75, 3.05) is 18.6 Å². The molecule has 0 bridgehead atoms.